The second-order valence-corrected chi connectivity index (χ2v) is 6.60. The molecule has 0 bridgehead atoms. The molecule has 0 aliphatic heterocycles. The highest BCUT2D eigenvalue weighted by molar-refractivity contribution is 6.34. The minimum absolute atomic E-state index is 0.171. The number of benzene rings is 3. The number of hydrogen-bond donors (Lipinski definition) is 3. The molecule has 138 valence electrons. The van der Waals surface area contributed by atoms with Crippen LogP contribution in [-0.4, -0.2) is 21.8 Å². The highest BCUT2D eigenvalue weighted by Gasteiger charge is 2.14. The molecular weight excluding hydrogens is 376 g/mol. The van der Waals surface area contributed by atoms with Gasteiger partial charge in [0.25, 0.3) is 5.91 Å². The number of rotatable bonds is 4. The normalized spacial score (nSPS) is 10.8. The van der Waals surface area contributed by atoms with E-state index in [0.717, 1.165) is 16.9 Å². The number of primary amides is 1. The third kappa shape index (κ3) is 3.45. The fourth-order valence-electron chi connectivity index (χ4n) is 2.87. The molecule has 4 N–H and O–H groups in total. The number of nitrogens with two attached hydrogens (primary N) is 1. The summed E-state index contributed by atoms with van der Waals surface area (Å²) in [5.74, 6) is -0.320. The lowest BCUT2D eigenvalue weighted by Crippen LogP contribution is -2.16. The van der Waals surface area contributed by atoms with Crippen LogP contribution in [0.15, 0.2) is 66.7 Å². The van der Waals surface area contributed by atoms with Gasteiger partial charge in [-0.15, -0.1) is 0 Å². The van der Waals surface area contributed by atoms with Gasteiger partial charge in [-0.1, -0.05) is 41.9 Å². The minimum Gasteiger partial charge on any atom is -0.366 e. The molecule has 0 fully saturated rings. The number of imidazole rings is 1. The lowest BCUT2D eigenvalue weighted by molar-refractivity contribution is 0.1000. The summed E-state index contributed by atoms with van der Waals surface area (Å²) < 4.78 is 0. The van der Waals surface area contributed by atoms with E-state index in [0.29, 0.717) is 11.2 Å². The smallest absolute Gasteiger partial charge is 0.257 e. The lowest BCUT2D eigenvalue weighted by Gasteiger charge is -2.08. The third-order valence-electron chi connectivity index (χ3n) is 4.28. The number of carbonyl (C=O) groups excluding carboxylic acids is 2. The number of aromatic nitrogens is 2. The third-order valence-corrected chi connectivity index (χ3v) is 4.61. The van der Waals surface area contributed by atoms with E-state index >= 15 is 0 Å². The van der Waals surface area contributed by atoms with Crippen molar-refractivity contribution in [3.05, 3.63) is 82.9 Å². The van der Waals surface area contributed by atoms with Crippen molar-refractivity contribution in [3.8, 4) is 11.4 Å². The number of hydrogen-bond acceptors (Lipinski definition) is 3. The Morgan fingerprint density at radius 1 is 1.00 bits per heavy atom. The Kier molecular flexibility index (Phi) is 4.55. The number of aromatic amines is 1. The van der Waals surface area contributed by atoms with Gasteiger partial charge >= 0.3 is 0 Å². The van der Waals surface area contributed by atoms with Crippen LogP contribution >= 0.6 is 11.6 Å². The van der Waals surface area contributed by atoms with E-state index < -0.39 is 11.8 Å². The van der Waals surface area contributed by atoms with Crippen molar-refractivity contribution in [3.63, 3.8) is 0 Å². The summed E-state index contributed by atoms with van der Waals surface area (Å²) in [6.45, 7) is 0. The van der Waals surface area contributed by atoms with Gasteiger partial charge in [0.1, 0.15) is 5.82 Å². The summed E-state index contributed by atoms with van der Waals surface area (Å²) in [4.78, 5) is 31.8. The molecule has 0 saturated carbocycles. The molecule has 3 aromatic carbocycles. The number of anilines is 1. The van der Waals surface area contributed by atoms with Gasteiger partial charge in [0, 0.05) is 16.8 Å². The number of halogens is 1. The van der Waals surface area contributed by atoms with Gasteiger partial charge in [-0.3, -0.25) is 9.59 Å². The summed E-state index contributed by atoms with van der Waals surface area (Å²) in [5, 5.41) is 3.01. The van der Waals surface area contributed by atoms with Crippen molar-refractivity contribution in [1.82, 2.24) is 9.97 Å². The largest absolute Gasteiger partial charge is 0.366 e. The Morgan fingerprint density at radius 3 is 2.54 bits per heavy atom. The Morgan fingerprint density at radius 2 is 1.79 bits per heavy atom. The highest BCUT2D eigenvalue weighted by atomic mass is 35.5. The molecule has 0 unspecified atom stereocenters. The van der Waals surface area contributed by atoms with Crippen LogP contribution < -0.4 is 11.1 Å². The molecule has 1 aromatic heterocycles. The van der Waals surface area contributed by atoms with Crippen LogP contribution in [0.25, 0.3) is 22.4 Å². The number of fused-ring (bicyclic) bond motifs is 1. The predicted molar refractivity (Wildman–Crippen MR) is 109 cm³/mol. The maximum Gasteiger partial charge on any atom is 0.257 e. The molecule has 4 aromatic rings. The Labute approximate surface area is 165 Å². The SMILES string of the molecule is NC(=O)c1ccc(Cl)c(C(=O)Nc2ccc3[nH]c(-c4ccccc4)nc3c2)c1. The molecule has 0 saturated heterocycles. The zero-order valence-electron chi connectivity index (χ0n) is 14.6. The summed E-state index contributed by atoms with van der Waals surface area (Å²) in [6.07, 6.45) is 0. The van der Waals surface area contributed by atoms with E-state index in [1.165, 1.54) is 18.2 Å². The molecule has 2 amide bonds. The number of amides is 2. The second-order valence-electron chi connectivity index (χ2n) is 6.20. The summed E-state index contributed by atoms with van der Waals surface area (Å²) >= 11 is 6.10. The first-order valence-corrected chi connectivity index (χ1v) is 8.85. The highest BCUT2D eigenvalue weighted by Crippen LogP contribution is 2.24. The van der Waals surface area contributed by atoms with E-state index in [2.05, 4.69) is 15.3 Å². The molecule has 1 heterocycles. The average Bonchev–Trinajstić information content (AvgIpc) is 3.12. The van der Waals surface area contributed by atoms with Crippen molar-refractivity contribution in [2.45, 2.75) is 0 Å². The molecule has 4 rings (SSSR count). The van der Waals surface area contributed by atoms with E-state index in [-0.39, 0.29) is 16.1 Å². The van der Waals surface area contributed by atoms with Crippen molar-refractivity contribution in [2.24, 2.45) is 5.73 Å². The molecule has 6 nitrogen and oxygen atoms in total. The number of nitrogens with one attached hydrogen (secondary N) is 2. The molecule has 0 aliphatic carbocycles. The van der Waals surface area contributed by atoms with Crippen LogP contribution in [0.4, 0.5) is 5.69 Å². The van der Waals surface area contributed by atoms with Gasteiger partial charge in [0.2, 0.25) is 5.91 Å². The van der Waals surface area contributed by atoms with Crippen LogP contribution in [0.5, 0.6) is 0 Å². The van der Waals surface area contributed by atoms with Gasteiger partial charge < -0.3 is 16.0 Å². The molecule has 0 radical (unpaired) electrons. The van der Waals surface area contributed by atoms with Crippen LogP contribution in [-0.2, 0) is 0 Å². The number of nitrogens with zero attached hydrogens (tertiary/aromatic N) is 1. The van der Waals surface area contributed by atoms with Crippen LogP contribution in [0.1, 0.15) is 20.7 Å². The Hall–Kier alpha value is -3.64. The van der Waals surface area contributed by atoms with E-state index in [9.17, 15) is 9.59 Å². The van der Waals surface area contributed by atoms with Crippen LogP contribution in [0.3, 0.4) is 0 Å². The zero-order valence-corrected chi connectivity index (χ0v) is 15.3. The average molecular weight is 391 g/mol. The van der Waals surface area contributed by atoms with Crippen molar-refractivity contribution in [2.75, 3.05) is 5.32 Å². The number of carbonyl (C=O) groups is 2. The topological polar surface area (TPSA) is 101 Å². The van der Waals surface area contributed by atoms with Crippen molar-refractivity contribution < 1.29 is 9.59 Å². The van der Waals surface area contributed by atoms with Gasteiger partial charge in [-0.05, 0) is 36.4 Å². The minimum atomic E-state index is -0.628. The molecule has 28 heavy (non-hydrogen) atoms. The molecule has 0 aliphatic rings. The fraction of sp³-hybridized carbons (Fsp3) is 0. The van der Waals surface area contributed by atoms with E-state index in [1.54, 1.807) is 12.1 Å². The first-order chi connectivity index (χ1) is 13.5. The van der Waals surface area contributed by atoms with Crippen LogP contribution in [0.2, 0.25) is 5.02 Å². The van der Waals surface area contributed by atoms with Crippen molar-refractivity contribution in [1.29, 1.82) is 0 Å². The summed E-state index contributed by atoms with van der Waals surface area (Å²) in [5.41, 5.74) is 8.76. The second kappa shape index (κ2) is 7.17. The fourth-order valence-corrected chi connectivity index (χ4v) is 3.07. The van der Waals surface area contributed by atoms with Gasteiger partial charge in [-0.2, -0.15) is 0 Å². The Bertz CT molecular complexity index is 1200. The zero-order chi connectivity index (χ0) is 19.7. The first-order valence-electron chi connectivity index (χ1n) is 8.47. The molecule has 0 atom stereocenters. The van der Waals surface area contributed by atoms with Gasteiger partial charge in [0.15, 0.2) is 0 Å². The first kappa shape index (κ1) is 17.8. The summed E-state index contributed by atoms with van der Waals surface area (Å²) in [6, 6.07) is 19.5. The monoisotopic (exact) mass is 390 g/mol. The quantitative estimate of drug-likeness (QED) is 0.486. The molecular formula is C21H15ClN4O2. The number of H-pyrrole nitrogens is 1. The predicted octanol–water partition coefficient (Wildman–Crippen LogP) is 4.23. The van der Waals surface area contributed by atoms with Crippen molar-refractivity contribution >= 4 is 40.1 Å². The lowest BCUT2D eigenvalue weighted by atomic mass is 10.1. The standard InChI is InChI=1S/C21H15ClN4O2/c22-16-8-6-13(19(23)27)10-15(16)21(28)24-14-7-9-17-18(11-14)26-20(25-17)12-4-2-1-3-5-12/h1-11H,(H2,23,27)(H,24,28)(H,25,26). The molecule has 0 spiro atoms. The van der Waals surface area contributed by atoms with E-state index in [4.69, 9.17) is 17.3 Å². The van der Waals surface area contributed by atoms with Crippen LogP contribution in [0, 0.1) is 0 Å². The maximum atomic E-state index is 12.6. The maximum absolute atomic E-state index is 12.6. The molecule has 7 heteroatoms. The van der Waals surface area contributed by atoms with E-state index in [1.807, 2.05) is 36.4 Å². The van der Waals surface area contributed by atoms with Gasteiger partial charge in [0.05, 0.1) is 21.6 Å². The Balaban J connectivity index is 1.62. The van der Waals surface area contributed by atoms with Gasteiger partial charge in [-0.25, -0.2) is 4.98 Å². The summed E-state index contributed by atoms with van der Waals surface area (Å²) in [7, 11) is 0.